The third-order valence-corrected chi connectivity index (χ3v) is 3.24. The topological polar surface area (TPSA) is 43.3 Å². The lowest BCUT2D eigenvalue weighted by atomic mass is 10.2. The number of aromatic nitrogens is 1. The molecule has 2 rings (SSSR count). The van der Waals surface area contributed by atoms with Crippen LogP contribution in [-0.2, 0) is 17.8 Å². The molecule has 0 aliphatic rings. The number of methoxy groups -OCH3 is 1. The first-order chi connectivity index (χ1) is 10.2. The van der Waals surface area contributed by atoms with Crippen LogP contribution < -0.4 is 5.32 Å². The second-order valence-electron chi connectivity index (χ2n) is 4.73. The van der Waals surface area contributed by atoms with Gasteiger partial charge in [0, 0.05) is 18.4 Å². The van der Waals surface area contributed by atoms with Crippen molar-refractivity contribution in [1.82, 2.24) is 4.57 Å². The number of anilines is 1. The van der Waals surface area contributed by atoms with E-state index < -0.39 is 11.8 Å². The summed E-state index contributed by atoms with van der Waals surface area (Å²) in [5.74, 6) is -0.872. The maximum absolute atomic E-state index is 13.8. The maximum atomic E-state index is 13.8. The number of ether oxygens (including phenoxy) is 1. The van der Waals surface area contributed by atoms with Crippen molar-refractivity contribution in [1.29, 1.82) is 0 Å². The Labute approximate surface area is 123 Å². The smallest absolute Gasteiger partial charge is 0.337 e. The van der Waals surface area contributed by atoms with E-state index in [4.69, 9.17) is 0 Å². The molecule has 0 atom stereocenters. The third kappa shape index (κ3) is 3.62. The summed E-state index contributed by atoms with van der Waals surface area (Å²) in [5, 5.41) is 3.03. The standard InChI is InChI=1S/C16H19FN2O2/c1-3-8-19-9-4-5-13(19)11-18-15-10-12(16(20)21-2)6-7-14(15)17/h4-7,9-10,18H,3,8,11H2,1-2H3. The van der Waals surface area contributed by atoms with Gasteiger partial charge >= 0.3 is 5.97 Å². The Hall–Kier alpha value is -2.30. The van der Waals surface area contributed by atoms with Crippen LogP contribution in [0.2, 0.25) is 0 Å². The molecular formula is C16H19FN2O2. The number of esters is 1. The molecule has 112 valence electrons. The largest absolute Gasteiger partial charge is 0.465 e. The summed E-state index contributed by atoms with van der Waals surface area (Å²) < 4.78 is 20.6. The normalized spacial score (nSPS) is 10.4. The number of halogens is 1. The highest BCUT2D eigenvalue weighted by Gasteiger charge is 2.10. The number of nitrogens with zero attached hydrogens (tertiary/aromatic N) is 1. The molecule has 0 amide bonds. The van der Waals surface area contributed by atoms with Gasteiger partial charge in [-0.1, -0.05) is 6.92 Å². The molecule has 0 saturated carbocycles. The number of hydrogen-bond donors (Lipinski definition) is 1. The highest BCUT2D eigenvalue weighted by atomic mass is 19.1. The summed E-state index contributed by atoms with van der Waals surface area (Å²) in [6.45, 7) is 3.53. The van der Waals surface area contributed by atoms with Crippen molar-refractivity contribution in [2.45, 2.75) is 26.4 Å². The number of benzene rings is 1. The molecule has 0 spiro atoms. The van der Waals surface area contributed by atoms with Crippen molar-refractivity contribution < 1.29 is 13.9 Å². The minimum Gasteiger partial charge on any atom is -0.465 e. The summed E-state index contributed by atoms with van der Waals surface area (Å²) in [7, 11) is 1.30. The van der Waals surface area contributed by atoms with Crippen LogP contribution in [0.1, 0.15) is 29.4 Å². The molecule has 2 aromatic rings. The van der Waals surface area contributed by atoms with Crippen molar-refractivity contribution in [3.8, 4) is 0 Å². The van der Waals surface area contributed by atoms with Gasteiger partial charge < -0.3 is 14.6 Å². The quantitative estimate of drug-likeness (QED) is 0.829. The molecule has 0 bridgehead atoms. The van der Waals surface area contributed by atoms with Crippen molar-refractivity contribution in [3.05, 3.63) is 53.6 Å². The van der Waals surface area contributed by atoms with Gasteiger partial charge in [0.25, 0.3) is 0 Å². The molecule has 1 heterocycles. The van der Waals surface area contributed by atoms with E-state index in [0.29, 0.717) is 17.8 Å². The SMILES string of the molecule is CCCn1cccc1CNc1cc(C(=O)OC)ccc1F. The molecule has 0 radical (unpaired) electrons. The van der Waals surface area contributed by atoms with E-state index >= 15 is 0 Å². The fraction of sp³-hybridized carbons (Fsp3) is 0.312. The molecule has 5 heteroatoms. The molecule has 1 N–H and O–H groups in total. The second kappa shape index (κ2) is 6.92. The average Bonchev–Trinajstić information content (AvgIpc) is 2.93. The molecule has 0 fully saturated rings. The zero-order chi connectivity index (χ0) is 15.2. The van der Waals surface area contributed by atoms with E-state index in [0.717, 1.165) is 18.7 Å². The van der Waals surface area contributed by atoms with Crippen molar-refractivity contribution in [2.75, 3.05) is 12.4 Å². The Morgan fingerprint density at radius 1 is 1.38 bits per heavy atom. The first-order valence-corrected chi connectivity index (χ1v) is 6.91. The summed E-state index contributed by atoms with van der Waals surface area (Å²) in [5.41, 5.74) is 1.69. The Bertz CT molecular complexity index is 622. The lowest BCUT2D eigenvalue weighted by Gasteiger charge is -2.11. The van der Waals surface area contributed by atoms with E-state index in [1.807, 2.05) is 18.3 Å². The van der Waals surface area contributed by atoms with Crippen molar-refractivity contribution in [2.24, 2.45) is 0 Å². The number of carbonyl (C=O) groups is 1. The molecular weight excluding hydrogens is 271 g/mol. The Morgan fingerprint density at radius 2 is 2.19 bits per heavy atom. The second-order valence-corrected chi connectivity index (χ2v) is 4.73. The van der Waals surface area contributed by atoms with Crippen LogP contribution in [0.3, 0.4) is 0 Å². The van der Waals surface area contributed by atoms with Crippen molar-refractivity contribution >= 4 is 11.7 Å². The number of nitrogens with one attached hydrogen (secondary N) is 1. The Kier molecular flexibility index (Phi) is 4.98. The summed E-state index contributed by atoms with van der Waals surface area (Å²) >= 11 is 0. The zero-order valence-electron chi connectivity index (χ0n) is 12.2. The van der Waals surface area contributed by atoms with Crippen LogP contribution in [-0.4, -0.2) is 17.6 Å². The van der Waals surface area contributed by atoms with Crippen LogP contribution in [0.5, 0.6) is 0 Å². The van der Waals surface area contributed by atoms with Crippen LogP contribution in [0.15, 0.2) is 36.5 Å². The number of carbonyl (C=O) groups excluding carboxylic acids is 1. The molecule has 0 unspecified atom stereocenters. The highest BCUT2D eigenvalue weighted by Crippen LogP contribution is 2.18. The van der Waals surface area contributed by atoms with Gasteiger partial charge in [-0.3, -0.25) is 0 Å². The van der Waals surface area contributed by atoms with E-state index in [2.05, 4.69) is 21.5 Å². The minimum absolute atomic E-state index is 0.294. The predicted molar refractivity (Wildman–Crippen MR) is 79.8 cm³/mol. The first-order valence-electron chi connectivity index (χ1n) is 6.91. The highest BCUT2D eigenvalue weighted by molar-refractivity contribution is 5.90. The van der Waals surface area contributed by atoms with Gasteiger partial charge in [0.15, 0.2) is 0 Å². The maximum Gasteiger partial charge on any atom is 0.337 e. The molecule has 0 aliphatic heterocycles. The van der Waals surface area contributed by atoms with Gasteiger partial charge in [0.2, 0.25) is 0 Å². The van der Waals surface area contributed by atoms with E-state index in [-0.39, 0.29) is 0 Å². The van der Waals surface area contributed by atoms with Crippen LogP contribution >= 0.6 is 0 Å². The summed E-state index contributed by atoms with van der Waals surface area (Å²) in [6, 6.07) is 8.10. The Morgan fingerprint density at radius 3 is 2.90 bits per heavy atom. The molecule has 0 saturated heterocycles. The Balaban J connectivity index is 2.12. The van der Waals surface area contributed by atoms with Gasteiger partial charge in [-0.05, 0) is 36.8 Å². The van der Waals surface area contributed by atoms with Gasteiger partial charge in [-0.25, -0.2) is 9.18 Å². The average molecular weight is 290 g/mol. The zero-order valence-corrected chi connectivity index (χ0v) is 12.2. The number of rotatable bonds is 6. The molecule has 0 aliphatic carbocycles. The van der Waals surface area contributed by atoms with Gasteiger partial charge in [-0.2, -0.15) is 0 Å². The lowest BCUT2D eigenvalue weighted by molar-refractivity contribution is 0.0600. The fourth-order valence-electron chi connectivity index (χ4n) is 2.16. The minimum atomic E-state index is -0.479. The third-order valence-electron chi connectivity index (χ3n) is 3.24. The molecule has 1 aromatic carbocycles. The van der Waals surface area contributed by atoms with E-state index in [1.54, 1.807) is 0 Å². The van der Waals surface area contributed by atoms with Crippen molar-refractivity contribution in [3.63, 3.8) is 0 Å². The monoisotopic (exact) mass is 290 g/mol. The van der Waals surface area contributed by atoms with E-state index in [9.17, 15) is 9.18 Å². The molecule has 1 aromatic heterocycles. The number of aryl methyl sites for hydroxylation is 1. The van der Waals surface area contributed by atoms with Crippen LogP contribution in [0.4, 0.5) is 10.1 Å². The van der Waals surface area contributed by atoms with Crippen LogP contribution in [0.25, 0.3) is 0 Å². The van der Waals surface area contributed by atoms with E-state index in [1.165, 1.54) is 25.3 Å². The van der Waals surface area contributed by atoms with Gasteiger partial charge in [0.1, 0.15) is 5.82 Å². The van der Waals surface area contributed by atoms with Crippen LogP contribution in [0, 0.1) is 5.82 Å². The van der Waals surface area contributed by atoms with Gasteiger partial charge in [-0.15, -0.1) is 0 Å². The summed E-state index contributed by atoms with van der Waals surface area (Å²) in [4.78, 5) is 11.5. The summed E-state index contributed by atoms with van der Waals surface area (Å²) in [6.07, 6.45) is 3.04. The lowest BCUT2D eigenvalue weighted by Crippen LogP contribution is -2.09. The predicted octanol–water partition coefficient (Wildman–Crippen LogP) is 3.44. The van der Waals surface area contributed by atoms with Gasteiger partial charge in [0.05, 0.1) is 24.9 Å². The molecule has 4 nitrogen and oxygen atoms in total. The fourth-order valence-corrected chi connectivity index (χ4v) is 2.16. The molecule has 21 heavy (non-hydrogen) atoms. The first kappa shape index (κ1) is 15.1. The number of hydrogen-bond acceptors (Lipinski definition) is 3.